The maximum absolute atomic E-state index is 13.8. The van der Waals surface area contributed by atoms with E-state index >= 15 is 0 Å². The van der Waals surface area contributed by atoms with Gasteiger partial charge in [0, 0.05) is 36.3 Å². The molecule has 2 aromatic rings. The zero-order valence-electron chi connectivity index (χ0n) is 27.8. The van der Waals surface area contributed by atoms with Crippen LogP contribution in [0.3, 0.4) is 0 Å². The maximum atomic E-state index is 13.8. The molecule has 3 atom stereocenters. The zero-order chi connectivity index (χ0) is 34.1. The minimum absolute atomic E-state index is 0.0323. The van der Waals surface area contributed by atoms with Gasteiger partial charge in [-0.15, -0.1) is 0 Å². The first-order chi connectivity index (χ1) is 23.3. The number of benzene rings is 2. The van der Waals surface area contributed by atoms with E-state index in [-0.39, 0.29) is 24.8 Å². The first kappa shape index (κ1) is 37.4. The molecule has 0 radical (unpaired) electrons. The Labute approximate surface area is 293 Å². The van der Waals surface area contributed by atoms with E-state index in [4.69, 9.17) is 21.1 Å². The van der Waals surface area contributed by atoms with Gasteiger partial charge in [-0.2, -0.15) is 0 Å². The van der Waals surface area contributed by atoms with Crippen molar-refractivity contribution in [3.63, 3.8) is 0 Å². The van der Waals surface area contributed by atoms with Gasteiger partial charge in [0.1, 0.15) is 17.9 Å². The molecule has 1 aliphatic heterocycles. The van der Waals surface area contributed by atoms with Crippen molar-refractivity contribution in [2.45, 2.75) is 88.5 Å². The summed E-state index contributed by atoms with van der Waals surface area (Å²) in [6.45, 7) is 2.26. The van der Waals surface area contributed by atoms with E-state index in [9.17, 15) is 19.2 Å². The highest BCUT2D eigenvalue weighted by Crippen LogP contribution is 2.31. The van der Waals surface area contributed by atoms with Crippen molar-refractivity contribution in [2.24, 2.45) is 11.8 Å². The zero-order valence-corrected chi connectivity index (χ0v) is 29.4. The van der Waals surface area contributed by atoms with Crippen LogP contribution in [0.25, 0.3) is 0 Å². The summed E-state index contributed by atoms with van der Waals surface area (Å²) >= 11 is 7.03. The lowest BCUT2D eigenvalue weighted by Gasteiger charge is -2.27. The second-order valence-electron chi connectivity index (χ2n) is 12.6. The number of carbonyl (C=O) groups is 4. The average molecular weight is 701 g/mol. The lowest BCUT2D eigenvalue weighted by atomic mass is 9.86. The van der Waals surface area contributed by atoms with Crippen LogP contribution >= 0.6 is 23.5 Å². The first-order valence-electron chi connectivity index (χ1n) is 17.1. The number of para-hydroxylation sites is 1. The summed E-state index contributed by atoms with van der Waals surface area (Å²) in [5, 5.41) is 5.82. The van der Waals surface area contributed by atoms with Crippen molar-refractivity contribution in [1.29, 1.82) is 0 Å². The Kier molecular flexibility index (Phi) is 15.7. The minimum Gasteiger partial charge on any atom is -0.467 e. The van der Waals surface area contributed by atoms with Crippen LogP contribution in [0.2, 0.25) is 5.02 Å². The Morgan fingerprint density at radius 1 is 0.958 bits per heavy atom. The fourth-order valence-electron chi connectivity index (χ4n) is 6.45. The molecule has 12 heteroatoms. The third-order valence-corrected chi connectivity index (χ3v) is 10.3. The number of amides is 3. The Balaban J connectivity index is 1.38. The van der Waals surface area contributed by atoms with Crippen LogP contribution in [0.15, 0.2) is 54.6 Å². The predicted molar refractivity (Wildman–Crippen MR) is 190 cm³/mol. The van der Waals surface area contributed by atoms with Crippen molar-refractivity contribution < 1.29 is 28.7 Å². The first-order valence-corrected chi connectivity index (χ1v) is 18.4. The number of nitrogens with zero attached hydrogens (tertiary/aromatic N) is 1. The van der Waals surface area contributed by atoms with Gasteiger partial charge < -0.3 is 25.0 Å². The van der Waals surface area contributed by atoms with Gasteiger partial charge >= 0.3 is 12.1 Å². The van der Waals surface area contributed by atoms with Crippen molar-refractivity contribution >= 4 is 53.1 Å². The maximum Gasteiger partial charge on any atom is 0.417 e. The molecule has 48 heavy (non-hydrogen) atoms. The number of halogens is 1. The molecule has 3 amide bonds. The molecule has 2 aliphatic rings. The third-order valence-electron chi connectivity index (χ3n) is 9.06. The monoisotopic (exact) mass is 700 g/mol. The van der Waals surface area contributed by atoms with E-state index in [1.807, 2.05) is 18.2 Å². The molecule has 4 rings (SSSR count). The molecular formula is C36H49ClN4O6S. The summed E-state index contributed by atoms with van der Waals surface area (Å²) < 4.78 is 13.1. The molecular weight excluding hydrogens is 652 g/mol. The lowest BCUT2D eigenvalue weighted by molar-refractivity contribution is -0.146. The summed E-state index contributed by atoms with van der Waals surface area (Å²) in [5.74, 6) is -1.25. The highest BCUT2D eigenvalue weighted by atomic mass is 35.5. The van der Waals surface area contributed by atoms with Crippen LogP contribution in [-0.4, -0.2) is 61.9 Å². The highest BCUT2D eigenvalue weighted by Gasteiger charge is 2.33. The van der Waals surface area contributed by atoms with Gasteiger partial charge in [0.2, 0.25) is 11.8 Å². The van der Waals surface area contributed by atoms with E-state index in [1.165, 1.54) is 13.5 Å². The van der Waals surface area contributed by atoms with Gasteiger partial charge in [-0.3, -0.25) is 14.3 Å². The topological polar surface area (TPSA) is 126 Å². The van der Waals surface area contributed by atoms with Crippen molar-refractivity contribution in [3.8, 4) is 0 Å². The highest BCUT2D eigenvalue weighted by molar-refractivity contribution is 7.99. The van der Waals surface area contributed by atoms with E-state index < -0.39 is 29.3 Å². The normalized spacial score (nSPS) is 19.2. The van der Waals surface area contributed by atoms with Gasteiger partial charge in [-0.25, -0.2) is 9.59 Å². The average Bonchev–Trinajstić information content (AvgIpc) is 3.14. The van der Waals surface area contributed by atoms with E-state index in [1.54, 1.807) is 24.3 Å². The summed E-state index contributed by atoms with van der Waals surface area (Å²) in [6.07, 6.45) is 8.45. The number of ether oxygens (including phenoxy) is 2. The summed E-state index contributed by atoms with van der Waals surface area (Å²) in [6, 6.07) is 16.3. The number of anilines is 1. The van der Waals surface area contributed by atoms with E-state index in [0.29, 0.717) is 30.3 Å². The second kappa shape index (κ2) is 20.2. The van der Waals surface area contributed by atoms with Crippen LogP contribution in [0.5, 0.6) is 0 Å². The van der Waals surface area contributed by atoms with Crippen molar-refractivity contribution in [1.82, 2.24) is 15.4 Å². The molecule has 0 bridgehead atoms. The number of nitrogens with one attached hydrogen (secondary N) is 3. The van der Waals surface area contributed by atoms with E-state index in [2.05, 4.69) is 32.4 Å². The SMILES string of the molecule is COC(=O)C(CC1CCCCN(c2ccccc2)CCCNC1=O)NC(=O)[C@H](CC1CCCCC1)SNC(=O)OCc1cccc(Cl)c1. The van der Waals surface area contributed by atoms with Crippen molar-refractivity contribution in [3.05, 3.63) is 65.2 Å². The molecule has 3 N–H and O–H groups in total. The number of hydrogen-bond donors (Lipinski definition) is 3. The summed E-state index contributed by atoms with van der Waals surface area (Å²) in [7, 11) is 1.28. The van der Waals surface area contributed by atoms with Gasteiger partial charge in [0.25, 0.3) is 0 Å². The molecule has 2 unspecified atom stereocenters. The largest absolute Gasteiger partial charge is 0.467 e. The third kappa shape index (κ3) is 12.5. The lowest BCUT2D eigenvalue weighted by Crippen LogP contribution is -2.48. The molecule has 1 aliphatic carbocycles. The minimum atomic E-state index is -1.01. The number of carbonyl (C=O) groups excluding carboxylic acids is 4. The van der Waals surface area contributed by atoms with Crippen LogP contribution in [0, 0.1) is 11.8 Å². The number of methoxy groups -OCH3 is 1. The molecule has 10 nitrogen and oxygen atoms in total. The number of esters is 1. The standard InChI is InChI=1S/C36H49ClN4O6S/c1-46-35(44)31(24-28-15-8-9-20-41(21-11-19-38-33(28)42)30-17-6-3-7-18-30)39-34(43)32(23-26-12-4-2-5-13-26)48-40-36(45)47-25-27-14-10-16-29(37)22-27/h3,6-7,10,14,16-18,22,26,28,31-32H,2,4-5,8-9,11-13,15,19-21,23-25H2,1H3,(H,38,42)(H,39,43)(H,40,45)/t28?,31?,32-/m0/s1. The Morgan fingerprint density at radius 3 is 2.46 bits per heavy atom. The Morgan fingerprint density at radius 2 is 1.71 bits per heavy atom. The summed E-state index contributed by atoms with van der Waals surface area (Å²) in [4.78, 5) is 55.0. The predicted octanol–water partition coefficient (Wildman–Crippen LogP) is 6.41. The Hall–Kier alpha value is -3.44. The molecule has 1 saturated heterocycles. The smallest absolute Gasteiger partial charge is 0.417 e. The molecule has 1 saturated carbocycles. The fourth-order valence-corrected chi connectivity index (χ4v) is 7.50. The van der Waals surface area contributed by atoms with Crippen LogP contribution < -0.4 is 20.3 Å². The molecule has 2 fully saturated rings. The van der Waals surface area contributed by atoms with Crippen molar-refractivity contribution in [2.75, 3.05) is 31.6 Å². The molecule has 0 aromatic heterocycles. The van der Waals surface area contributed by atoms with Gasteiger partial charge in [-0.05, 0) is 79.8 Å². The van der Waals surface area contributed by atoms with Gasteiger partial charge in [0.15, 0.2) is 0 Å². The Bertz CT molecular complexity index is 1330. The van der Waals surface area contributed by atoms with Crippen LogP contribution in [0.4, 0.5) is 10.5 Å². The fraction of sp³-hybridized carbons (Fsp3) is 0.556. The van der Waals surface area contributed by atoms with Gasteiger partial charge in [0.05, 0.1) is 7.11 Å². The number of rotatable bonds is 12. The number of hydrogen-bond acceptors (Lipinski definition) is 8. The molecule has 2 aromatic carbocycles. The molecule has 262 valence electrons. The quantitative estimate of drug-likeness (QED) is 0.171. The van der Waals surface area contributed by atoms with E-state index in [0.717, 1.165) is 81.2 Å². The van der Waals surface area contributed by atoms with Crippen LogP contribution in [-0.2, 0) is 30.5 Å². The summed E-state index contributed by atoms with van der Waals surface area (Å²) in [5.41, 5.74) is 1.91. The van der Waals surface area contributed by atoms with Gasteiger partial charge in [-0.1, -0.05) is 80.5 Å². The molecule has 1 heterocycles. The van der Waals surface area contributed by atoms with Crippen LogP contribution in [0.1, 0.15) is 76.2 Å². The second-order valence-corrected chi connectivity index (χ2v) is 14.1. The molecule has 0 spiro atoms.